The summed E-state index contributed by atoms with van der Waals surface area (Å²) in [5.74, 6) is 0. The highest BCUT2D eigenvalue weighted by atomic mass is 33.3. The fourth-order valence-electron chi connectivity index (χ4n) is 0. The van der Waals surface area contributed by atoms with Gasteiger partial charge in [-0.25, -0.2) is 0 Å². The van der Waals surface area contributed by atoms with E-state index in [1.165, 1.54) is 0 Å². The van der Waals surface area contributed by atoms with Gasteiger partial charge in [-0.15, -0.1) is 0 Å². The molecule has 0 amide bonds. The molecule has 0 aromatic carbocycles. The van der Waals surface area contributed by atoms with Gasteiger partial charge in [0.05, 0.1) is 0 Å². The molecule has 0 fully saturated rings. The summed E-state index contributed by atoms with van der Waals surface area (Å²) in [6.45, 7) is 0. The lowest BCUT2D eigenvalue weighted by atomic mass is 11.8. The molecule has 0 rings (SSSR count). The molecule has 76 valence electrons. The van der Waals surface area contributed by atoms with Crippen molar-refractivity contribution in [2.45, 2.75) is 0 Å². The minimum Gasteiger partial charge on any atom is -0.281 e. The average molecular weight is 200 g/mol. The van der Waals surface area contributed by atoms with Crippen molar-refractivity contribution in [3.8, 4) is 0 Å². The van der Waals surface area contributed by atoms with Crippen LogP contribution in [0.5, 0.6) is 0 Å². The molecule has 0 aromatic rings. The Kier molecular flexibility index (Phi) is 1.62. The monoisotopic (exact) mass is 200 g/mol. The van der Waals surface area contributed by atoms with Gasteiger partial charge >= 0.3 is 0 Å². The largest absolute Gasteiger partial charge is 0.281 e. The van der Waals surface area contributed by atoms with Crippen LogP contribution >= 0.6 is 15.5 Å². The van der Waals surface area contributed by atoms with Gasteiger partial charge in [-0.1, -0.05) is 0 Å². The summed E-state index contributed by atoms with van der Waals surface area (Å²) >= 11 is 0. The molecular formula is C9H28S2. The summed E-state index contributed by atoms with van der Waals surface area (Å²) < 4.78 is 0. The van der Waals surface area contributed by atoms with Gasteiger partial charge in [-0.05, 0) is 56.3 Å². The summed E-state index contributed by atoms with van der Waals surface area (Å²) in [5.41, 5.74) is 0. The van der Waals surface area contributed by atoms with Crippen LogP contribution in [0, 0.1) is 0 Å². The topological polar surface area (TPSA) is 0 Å². The highest BCUT2D eigenvalue weighted by Gasteiger charge is 2.51. The maximum Gasteiger partial charge on any atom is -0.0416 e. The molecule has 0 N–H and O–H groups in total. The van der Waals surface area contributed by atoms with Crippen LogP contribution in [0.25, 0.3) is 0 Å². The minimum absolute atomic E-state index is 1.46. The lowest BCUT2D eigenvalue weighted by Crippen LogP contribution is -2.41. The molecule has 0 saturated heterocycles. The smallest absolute Gasteiger partial charge is 0.0416 e. The molecule has 0 bridgehead atoms. The molecule has 0 aliphatic rings. The fraction of sp³-hybridized carbons (Fsp3) is 1.00. The van der Waals surface area contributed by atoms with E-state index in [2.05, 4.69) is 56.3 Å². The Bertz CT molecular complexity index is 171. The van der Waals surface area contributed by atoms with Gasteiger partial charge in [0.25, 0.3) is 0 Å². The molecule has 0 aliphatic carbocycles. The van der Waals surface area contributed by atoms with Gasteiger partial charge < -0.3 is 0 Å². The number of thiol groups is 1. The number of hydrogen-bond donors (Lipinski definition) is 1. The lowest BCUT2D eigenvalue weighted by molar-refractivity contribution is 1.79. The van der Waals surface area contributed by atoms with E-state index in [-0.39, 0.29) is 0 Å². The number of rotatable bonds is 1. The lowest BCUT2D eigenvalue weighted by Gasteiger charge is -2.88. The Morgan fingerprint density at radius 1 is 0.636 bits per heavy atom. The van der Waals surface area contributed by atoms with E-state index in [1.807, 2.05) is 0 Å². The quantitative estimate of drug-likeness (QED) is 0.488. The molecule has 0 aromatic heterocycles. The van der Waals surface area contributed by atoms with Gasteiger partial charge in [0, 0.05) is 0 Å². The molecule has 0 atom stereocenters. The second-order valence-electron chi connectivity index (χ2n) is 8.41. The zero-order chi connectivity index (χ0) is 9.86. The Hall–Kier alpha value is 0.700. The van der Waals surface area contributed by atoms with Crippen molar-refractivity contribution in [3.63, 3.8) is 0 Å². The first-order valence-electron chi connectivity index (χ1n) is 4.01. The van der Waals surface area contributed by atoms with Crippen LogP contribution in [0.15, 0.2) is 0 Å². The normalized spacial score (nSPS) is 24.6. The van der Waals surface area contributed by atoms with Crippen LogP contribution in [-0.4, -0.2) is 56.3 Å². The summed E-state index contributed by atoms with van der Waals surface area (Å²) in [6, 6.07) is 0. The van der Waals surface area contributed by atoms with E-state index < -0.39 is 15.5 Å². The second kappa shape index (κ2) is 1.52. The van der Waals surface area contributed by atoms with E-state index in [1.54, 1.807) is 0 Å². The molecule has 11 heavy (non-hydrogen) atoms. The summed E-state index contributed by atoms with van der Waals surface area (Å²) in [7, 11) is -3.21. The van der Waals surface area contributed by atoms with E-state index in [0.29, 0.717) is 0 Å². The first-order valence-corrected chi connectivity index (χ1v) is 13.1. The second-order valence-corrected chi connectivity index (χ2v) is 35.1. The number of hydrogen-bond acceptors (Lipinski definition) is 0. The van der Waals surface area contributed by atoms with Crippen molar-refractivity contribution < 1.29 is 0 Å². The Labute approximate surface area is 72.1 Å². The van der Waals surface area contributed by atoms with Crippen LogP contribution in [0.3, 0.4) is 0 Å². The van der Waals surface area contributed by atoms with Crippen molar-refractivity contribution in [2.24, 2.45) is 0 Å². The molecule has 0 aliphatic heterocycles. The van der Waals surface area contributed by atoms with Crippen LogP contribution in [0.1, 0.15) is 0 Å². The van der Waals surface area contributed by atoms with E-state index in [4.69, 9.17) is 0 Å². The van der Waals surface area contributed by atoms with Crippen molar-refractivity contribution >= 4 is 15.5 Å². The third-order valence-electron chi connectivity index (χ3n) is 3.65. The predicted molar refractivity (Wildman–Crippen MR) is 69.9 cm³/mol. The standard InChI is InChI=1S/C9H28S2/c1-10(2,3,4)11(5,6,7,8)9/h10H,1-9H3. The van der Waals surface area contributed by atoms with Gasteiger partial charge in [0.15, 0.2) is 0 Å². The molecule has 0 unspecified atom stereocenters. The van der Waals surface area contributed by atoms with E-state index >= 15 is 0 Å². The van der Waals surface area contributed by atoms with Gasteiger partial charge in [0.2, 0.25) is 0 Å². The Morgan fingerprint density at radius 2 is 0.727 bits per heavy atom. The summed E-state index contributed by atoms with van der Waals surface area (Å²) in [5, 5.41) is 0. The average Bonchev–Trinajstić information content (AvgIpc) is 1.09. The molecular weight excluding hydrogens is 172 g/mol. The van der Waals surface area contributed by atoms with Crippen molar-refractivity contribution in [1.29, 1.82) is 0 Å². The zero-order valence-electron chi connectivity index (χ0n) is 9.86. The molecule has 0 radical (unpaired) electrons. The molecule has 2 heteroatoms. The Morgan fingerprint density at radius 3 is 0.727 bits per heavy atom. The summed E-state index contributed by atoms with van der Waals surface area (Å²) in [6.07, 6.45) is 22.5. The van der Waals surface area contributed by atoms with Crippen molar-refractivity contribution in [2.75, 3.05) is 56.3 Å². The Balaban J connectivity index is 5.58. The van der Waals surface area contributed by atoms with Gasteiger partial charge in [0.1, 0.15) is 0 Å². The molecule has 0 nitrogen and oxygen atoms in total. The fourth-order valence-corrected chi connectivity index (χ4v) is 0. The highest BCUT2D eigenvalue weighted by molar-refractivity contribution is 9.29. The predicted octanol–water partition coefficient (Wildman–Crippen LogP) is 2.52. The SMILES string of the molecule is C[SH](C)(C)(C)S(C)(C)(C)(C)C. The van der Waals surface area contributed by atoms with E-state index in [9.17, 15) is 0 Å². The minimum atomic E-state index is -1.75. The third kappa shape index (κ3) is 1.89. The third-order valence-corrected chi connectivity index (χ3v) is 32.9. The van der Waals surface area contributed by atoms with Crippen molar-refractivity contribution in [1.82, 2.24) is 0 Å². The highest BCUT2D eigenvalue weighted by Crippen LogP contribution is 3.05. The van der Waals surface area contributed by atoms with E-state index in [0.717, 1.165) is 0 Å². The van der Waals surface area contributed by atoms with Gasteiger partial charge in [-0.3, -0.25) is 15.5 Å². The van der Waals surface area contributed by atoms with Crippen LogP contribution in [-0.2, 0) is 0 Å². The van der Waals surface area contributed by atoms with Gasteiger partial charge in [-0.2, -0.15) is 0 Å². The summed E-state index contributed by atoms with van der Waals surface area (Å²) in [4.78, 5) is 0. The first kappa shape index (κ1) is 11.7. The maximum atomic E-state index is 2.50. The first-order chi connectivity index (χ1) is 4.01. The molecule has 0 spiro atoms. The van der Waals surface area contributed by atoms with Crippen molar-refractivity contribution in [3.05, 3.63) is 0 Å². The molecule has 0 saturated carbocycles. The van der Waals surface area contributed by atoms with Crippen LogP contribution < -0.4 is 0 Å². The van der Waals surface area contributed by atoms with Crippen LogP contribution in [0.2, 0.25) is 0 Å². The van der Waals surface area contributed by atoms with Crippen LogP contribution in [0.4, 0.5) is 0 Å². The molecule has 0 heterocycles. The maximum absolute atomic E-state index is 2.50. The zero-order valence-corrected chi connectivity index (χ0v) is 11.6.